The summed E-state index contributed by atoms with van der Waals surface area (Å²) in [4.78, 5) is 15.1. The number of carbonyl (C=O) groups excluding carboxylic acids is 1. The summed E-state index contributed by atoms with van der Waals surface area (Å²) in [6, 6.07) is 5.25. The molecule has 5 heteroatoms. The lowest BCUT2D eigenvalue weighted by atomic mass is 10.1. The third-order valence-electron chi connectivity index (χ3n) is 3.02. The van der Waals surface area contributed by atoms with Crippen molar-refractivity contribution >= 4 is 11.7 Å². The lowest BCUT2D eigenvalue weighted by Gasteiger charge is -2.10. The van der Waals surface area contributed by atoms with Crippen molar-refractivity contribution < 1.29 is 4.79 Å². The lowest BCUT2D eigenvalue weighted by Crippen LogP contribution is -2.15. The molecule has 1 saturated heterocycles. The number of carbonyl (C=O) groups is 1. The minimum absolute atomic E-state index is 0.303. The maximum Gasteiger partial charge on any atom is 0.267 e. The molecule has 0 aromatic carbocycles. The van der Waals surface area contributed by atoms with Crippen molar-refractivity contribution in [2.45, 2.75) is 12.8 Å². The Kier molecular flexibility index (Phi) is 3.93. The summed E-state index contributed by atoms with van der Waals surface area (Å²) in [6.45, 7) is 3.11. The van der Waals surface area contributed by atoms with Gasteiger partial charge in [0, 0.05) is 6.54 Å². The maximum atomic E-state index is 11.0. The second kappa shape index (κ2) is 5.63. The first-order valence-electron chi connectivity index (χ1n) is 5.97. The van der Waals surface area contributed by atoms with Crippen molar-refractivity contribution in [3.8, 4) is 0 Å². The quantitative estimate of drug-likeness (QED) is 0.696. The first-order valence-corrected chi connectivity index (χ1v) is 5.97. The summed E-state index contributed by atoms with van der Waals surface area (Å²) in [5.41, 5.74) is 5.48. The van der Waals surface area contributed by atoms with Gasteiger partial charge in [0.25, 0.3) is 5.91 Å². The van der Waals surface area contributed by atoms with Crippen molar-refractivity contribution in [3.63, 3.8) is 0 Å². The van der Waals surface area contributed by atoms with Gasteiger partial charge in [-0.3, -0.25) is 4.79 Å². The fourth-order valence-electron chi connectivity index (χ4n) is 2.04. The summed E-state index contributed by atoms with van der Waals surface area (Å²) < 4.78 is 0. The van der Waals surface area contributed by atoms with Crippen molar-refractivity contribution in [2.24, 2.45) is 11.7 Å². The fourth-order valence-corrected chi connectivity index (χ4v) is 2.04. The number of nitrogens with one attached hydrogen (secondary N) is 2. The molecule has 1 unspecified atom stereocenters. The monoisotopic (exact) mass is 234 g/mol. The van der Waals surface area contributed by atoms with Gasteiger partial charge in [-0.1, -0.05) is 6.07 Å². The number of pyridine rings is 1. The van der Waals surface area contributed by atoms with Crippen LogP contribution in [0.3, 0.4) is 0 Å². The topological polar surface area (TPSA) is 80.0 Å². The van der Waals surface area contributed by atoms with Crippen molar-refractivity contribution in [3.05, 3.63) is 23.9 Å². The second-order valence-electron chi connectivity index (χ2n) is 4.35. The first kappa shape index (κ1) is 11.9. The van der Waals surface area contributed by atoms with Crippen molar-refractivity contribution in [2.75, 3.05) is 25.0 Å². The van der Waals surface area contributed by atoms with E-state index in [0.29, 0.717) is 11.5 Å². The molecule has 0 spiro atoms. The molecule has 2 heterocycles. The SMILES string of the molecule is NC(=O)c1cccc(NCCC2CCNC2)n1. The maximum absolute atomic E-state index is 11.0. The van der Waals surface area contributed by atoms with Gasteiger partial charge in [0.05, 0.1) is 0 Å². The number of hydrogen-bond donors (Lipinski definition) is 3. The molecule has 0 radical (unpaired) electrons. The number of primary amides is 1. The van der Waals surface area contributed by atoms with Crippen LogP contribution in [0.25, 0.3) is 0 Å². The van der Waals surface area contributed by atoms with E-state index in [4.69, 9.17) is 5.73 Å². The minimum atomic E-state index is -0.492. The predicted molar refractivity (Wildman–Crippen MR) is 66.8 cm³/mol. The molecule has 1 aromatic heterocycles. The average molecular weight is 234 g/mol. The molecule has 0 saturated carbocycles. The van der Waals surface area contributed by atoms with E-state index in [2.05, 4.69) is 15.6 Å². The highest BCUT2D eigenvalue weighted by molar-refractivity contribution is 5.91. The number of hydrogen-bond acceptors (Lipinski definition) is 4. The van der Waals surface area contributed by atoms with Crippen molar-refractivity contribution in [1.29, 1.82) is 0 Å². The van der Waals surface area contributed by atoms with Gasteiger partial charge in [0.15, 0.2) is 0 Å². The Morgan fingerprint density at radius 1 is 1.59 bits per heavy atom. The van der Waals surface area contributed by atoms with Crippen LogP contribution in [-0.2, 0) is 0 Å². The Labute approximate surface area is 101 Å². The summed E-state index contributed by atoms with van der Waals surface area (Å²) >= 11 is 0. The van der Waals surface area contributed by atoms with Crippen LogP contribution >= 0.6 is 0 Å². The van der Waals surface area contributed by atoms with E-state index in [-0.39, 0.29) is 0 Å². The van der Waals surface area contributed by atoms with Gasteiger partial charge < -0.3 is 16.4 Å². The number of amides is 1. The van der Waals surface area contributed by atoms with E-state index in [1.807, 2.05) is 6.07 Å². The highest BCUT2D eigenvalue weighted by Crippen LogP contribution is 2.12. The number of nitrogens with two attached hydrogens (primary N) is 1. The number of anilines is 1. The van der Waals surface area contributed by atoms with E-state index in [9.17, 15) is 4.79 Å². The molecule has 5 nitrogen and oxygen atoms in total. The molecule has 4 N–H and O–H groups in total. The zero-order valence-electron chi connectivity index (χ0n) is 9.78. The standard InChI is InChI=1S/C12H18N4O/c13-12(17)10-2-1-3-11(16-10)15-7-5-9-4-6-14-8-9/h1-3,9,14H,4-8H2,(H2,13,17)(H,15,16). The molecule has 1 aromatic rings. The Balaban J connectivity index is 1.81. The van der Waals surface area contributed by atoms with Gasteiger partial charge in [0.1, 0.15) is 11.5 Å². The van der Waals surface area contributed by atoms with Gasteiger partial charge >= 0.3 is 0 Å². The molecule has 1 amide bonds. The van der Waals surface area contributed by atoms with Crippen LogP contribution in [0.1, 0.15) is 23.3 Å². The zero-order chi connectivity index (χ0) is 12.1. The lowest BCUT2D eigenvalue weighted by molar-refractivity contribution is 0.0995. The third-order valence-corrected chi connectivity index (χ3v) is 3.02. The molecule has 1 fully saturated rings. The number of rotatable bonds is 5. The largest absolute Gasteiger partial charge is 0.370 e. The van der Waals surface area contributed by atoms with Crippen LogP contribution in [0.4, 0.5) is 5.82 Å². The molecule has 0 aliphatic carbocycles. The Morgan fingerprint density at radius 3 is 3.18 bits per heavy atom. The zero-order valence-corrected chi connectivity index (χ0v) is 9.78. The molecule has 1 aliphatic rings. The van der Waals surface area contributed by atoms with E-state index in [0.717, 1.165) is 32.0 Å². The normalized spacial score (nSPS) is 19.2. The van der Waals surface area contributed by atoms with Crippen LogP contribution in [-0.4, -0.2) is 30.5 Å². The average Bonchev–Trinajstić information content (AvgIpc) is 2.82. The van der Waals surface area contributed by atoms with Crippen molar-refractivity contribution in [1.82, 2.24) is 10.3 Å². The van der Waals surface area contributed by atoms with E-state index in [1.165, 1.54) is 6.42 Å². The Morgan fingerprint density at radius 2 is 2.47 bits per heavy atom. The summed E-state index contributed by atoms with van der Waals surface area (Å²) in [5.74, 6) is 0.975. The minimum Gasteiger partial charge on any atom is -0.370 e. The molecular formula is C12H18N4O. The molecule has 1 aliphatic heterocycles. The molecule has 17 heavy (non-hydrogen) atoms. The van der Waals surface area contributed by atoms with Crippen LogP contribution in [0.5, 0.6) is 0 Å². The van der Waals surface area contributed by atoms with Crippen LogP contribution < -0.4 is 16.4 Å². The highest BCUT2D eigenvalue weighted by atomic mass is 16.1. The Hall–Kier alpha value is -1.62. The third kappa shape index (κ3) is 3.42. The Bertz CT molecular complexity index is 388. The highest BCUT2D eigenvalue weighted by Gasteiger charge is 2.13. The number of aromatic nitrogens is 1. The molecule has 0 bridgehead atoms. The predicted octanol–water partition coefficient (Wildman–Crippen LogP) is 0.592. The number of nitrogens with zero attached hydrogens (tertiary/aromatic N) is 1. The van der Waals surface area contributed by atoms with Gasteiger partial charge in [-0.05, 0) is 44.0 Å². The fraction of sp³-hybridized carbons (Fsp3) is 0.500. The first-order chi connectivity index (χ1) is 8.25. The van der Waals surface area contributed by atoms with Gasteiger partial charge in [-0.15, -0.1) is 0 Å². The molecular weight excluding hydrogens is 216 g/mol. The molecule has 2 rings (SSSR count). The van der Waals surface area contributed by atoms with Gasteiger partial charge in [0.2, 0.25) is 0 Å². The second-order valence-corrected chi connectivity index (χ2v) is 4.35. The van der Waals surface area contributed by atoms with Gasteiger partial charge in [-0.25, -0.2) is 4.98 Å². The molecule has 92 valence electrons. The summed E-state index contributed by atoms with van der Waals surface area (Å²) in [7, 11) is 0. The van der Waals surface area contributed by atoms with Gasteiger partial charge in [-0.2, -0.15) is 0 Å². The smallest absolute Gasteiger partial charge is 0.267 e. The summed E-state index contributed by atoms with van der Waals surface area (Å²) in [5, 5.41) is 6.56. The van der Waals surface area contributed by atoms with Crippen LogP contribution in [0, 0.1) is 5.92 Å². The van der Waals surface area contributed by atoms with Crippen LogP contribution in [0.2, 0.25) is 0 Å². The summed E-state index contributed by atoms with van der Waals surface area (Å²) in [6.07, 6.45) is 2.37. The van der Waals surface area contributed by atoms with Crippen LogP contribution in [0.15, 0.2) is 18.2 Å². The van der Waals surface area contributed by atoms with E-state index in [1.54, 1.807) is 12.1 Å². The van der Waals surface area contributed by atoms with E-state index >= 15 is 0 Å². The molecule has 1 atom stereocenters. The van der Waals surface area contributed by atoms with E-state index < -0.39 is 5.91 Å².